The second-order valence-corrected chi connectivity index (χ2v) is 6.95. The standard InChI is InChI=1S/C17H20F3N3O2S/c1-10-13(11(2)25-22-10)8-26-9-16(24)21-14-7-12(17(18,19)20)5-6-15(14)23(3)4/h5-7H,8-9H2,1-4H3,(H,21,24). The molecule has 0 spiro atoms. The average Bonchev–Trinajstić information content (AvgIpc) is 2.85. The van der Waals surface area contributed by atoms with Gasteiger partial charge in [-0.1, -0.05) is 5.16 Å². The third-order valence-electron chi connectivity index (χ3n) is 3.74. The number of benzene rings is 1. The van der Waals surface area contributed by atoms with E-state index in [1.165, 1.54) is 17.8 Å². The lowest BCUT2D eigenvalue weighted by Gasteiger charge is -2.19. The molecular formula is C17H20F3N3O2S. The fraction of sp³-hybridized carbons (Fsp3) is 0.412. The van der Waals surface area contributed by atoms with Crippen LogP contribution in [0.5, 0.6) is 0 Å². The first-order valence-electron chi connectivity index (χ1n) is 7.77. The lowest BCUT2D eigenvalue weighted by atomic mass is 10.1. The van der Waals surface area contributed by atoms with E-state index in [0.717, 1.165) is 23.4 Å². The zero-order chi connectivity index (χ0) is 19.5. The molecular weight excluding hydrogens is 367 g/mol. The summed E-state index contributed by atoms with van der Waals surface area (Å²) in [6.07, 6.45) is -4.47. The Morgan fingerprint density at radius 3 is 2.54 bits per heavy atom. The normalized spacial score (nSPS) is 11.5. The van der Waals surface area contributed by atoms with Crippen molar-refractivity contribution in [2.45, 2.75) is 25.8 Å². The molecule has 1 heterocycles. The van der Waals surface area contributed by atoms with Crippen molar-refractivity contribution >= 4 is 29.0 Å². The van der Waals surface area contributed by atoms with Gasteiger partial charge in [0.05, 0.1) is 28.4 Å². The summed E-state index contributed by atoms with van der Waals surface area (Å²) in [5.41, 5.74) is 1.52. The molecule has 2 aromatic rings. The van der Waals surface area contributed by atoms with E-state index >= 15 is 0 Å². The molecule has 1 N–H and O–H groups in total. The van der Waals surface area contributed by atoms with Gasteiger partial charge in [0.1, 0.15) is 5.76 Å². The average molecular weight is 387 g/mol. The monoisotopic (exact) mass is 387 g/mol. The van der Waals surface area contributed by atoms with Crippen LogP contribution in [0, 0.1) is 13.8 Å². The number of rotatable bonds is 6. The van der Waals surface area contributed by atoms with Crippen LogP contribution < -0.4 is 10.2 Å². The van der Waals surface area contributed by atoms with Crippen LogP contribution in [0.3, 0.4) is 0 Å². The highest BCUT2D eigenvalue weighted by Gasteiger charge is 2.31. The number of thioether (sulfide) groups is 1. The number of amides is 1. The molecule has 1 aromatic heterocycles. The molecule has 1 aromatic carbocycles. The Kier molecular flexibility index (Phi) is 6.22. The van der Waals surface area contributed by atoms with Gasteiger partial charge in [-0.15, -0.1) is 11.8 Å². The summed E-state index contributed by atoms with van der Waals surface area (Å²) >= 11 is 1.34. The van der Waals surface area contributed by atoms with Gasteiger partial charge < -0.3 is 14.7 Å². The first-order chi connectivity index (χ1) is 12.1. The van der Waals surface area contributed by atoms with E-state index in [9.17, 15) is 18.0 Å². The molecule has 0 saturated heterocycles. The molecule has 0 fully saturated rings. The molecule has 1 amide bonds. The third kappa shape index (κ3) is 4.94. The van der Waals surface area contributed by atoms with Crippen molar-refractivity contribution in [1.82, 2.24) is 5.16 Å². The van der Waals surface area contributed by atoms with Crippen molar-refractivity contribution in [1.29, 1.82) is 0 Å². The van der Waals surface area contributed by atoms with E-state index in [4.69, 9.17) is 4.52 Å². The van der Waals surface area contributed by atoms with Gasteiger partial charge in [0.2, 0.25) is 5.91 Å². The number of alkyl halides is 3. The first-order valence-corrected chi connectivity index (χ1v) is 8.93. The van der Waals surface area contributed by atoms with Crippen LogP contribution in [0.2, 0.25) is 0 Å². The van der Waals surface area contributed by atoms with Crippen LogP contribution in [0.1, 0.15) is 22.6 Å². The molecule has 26 heavy (non-hydrogen) atoms. The Morgan fingerprint density at radius 1 is 1.31 bits per heavy atom. The summed E-state index contributed by atoms with van der Waals surface area (Å²) in [6.45, 7) is 3.61. The van der Waals surface area contributed by atoms with Crippen molar-refractivity contribution in [3.63, 3.8) is 0 Å². The maximum absolute atomic E-state index is 12.9. The van der Waals surface area contributed by atoms with E-state index < -0.39 is 11.7 Å². The molecule has 0 saturated carbocycles. The minimum Gasteiger partial charge on any atom is -0.376 e. The minimum absolute atomic E-state index is 0.104. The number of halogens is 3. The molecule has 5 nitrogen and oxygen atoms in total. The molecule has 0 unspecified atom stereocenters. The number of anilines is 2. The van der Waals surface area contributed by atoms with Gasteiger partial charge in [0.15, 0.2) is 0 Å². The van der Waals surface area contributed by atoms with Crippen LogP contribution in [0.4, 0.5) is 24.5 Å². The predicted octanol–water partition coefficient (Wildman–Crippen LogP) is 4.25. The quantitative estimate of drug-likeness (QED) is 0.803. The van der Waals surface area contributed by atoms with Crippen molar-refractivity contribution in [2.75, 3.05) is 30.1 Å². The van der Waals surface area contributed by atoms with Crippen LogP contribution in [0.15, 0.2) is 22.7 Å². The highest BCUT2D eigenvalue weighted by molar-refractivity contribution is 7.99. The number of hydrogen-bond donors (Lipinski definition) is 1. The van der Waals surface area contributed by atoms with E-state index in [2.05, 4.69) is 10.5 Å². The molecule has 0 aliphatic carbocycles. The number of aromatic nitrogens is 1. The second-order valence-electron chi connectivity index (χ2n) is 5.97. The summed E-state index contributed by atoms with van der Waals surface area (Å²) in [4.78, 5) is 13.8. The highest BCUT2D eigenvalue weighted by atomic mass is 32.2. The lowest BCUT2D eigenvalue weighted by molar-refractivity contribution is -0.137. The predicted molar refractivity (Wildman–Crippen MR) is 96.5 cm³/mol. The Balaban J connectivity index is 2.05. The van der Waals surface area contributed by atoms with Gasteiger partial charge in [-0.05, 0) is 32.0 Å². The van der Waals surface area contributed by atoms with Gasteiger partial charge >= 0.3 is 6.18 Å². The second kappa shape index (κ2) is 8.03. The molecule has 2 rings (SSSR count). The zero-order valence-corrected chi connectivity index (χ0v) is 15.7. The van der Waals surface area contributed by atoms with Gasteiger partial charge in [0.25, 0.3) is 0 Å². The Morgan fingerprint density at radius 2 is 2.00 bits per heavy atom. The molecule has 142 valence electrons. The summed E-state index contributed by atoms with van der Waals surface area (Å²) in [6, 6.07) is 3.29. The maximum atomic E-state index is 12.9. The topological polar surface area (TPSA) is 58.4 Å². The number of nitrogens with one attached hydrogen (secondary N) is 1. The van der Waals surface area contributed by atoms with Gasteiger partial charge in [0, 0.05) is 25.4 Å². The first kappa shape index (κ1) is 20.2. The fourth-order valence-electron chi connectivity index (χ4n) is 2.34. The molecule has 0 bridgehead atoms. The Labute approximate surface area is 153 Å². The summed E-state index contributed by atoms with van der Waals surface area (Å²) in [7, 11) is 3.40. The molecule has 0 atom stereocenters. The highest BCUT2D eigenvalue weighted by Crippen LogP contribution is 2.35. The summed E-state index contributed by atoms with van der Waals surface area (Å²) < 4.78 is 43.8. The molecule has 0 aliphatic rings. The van der Waals surface area contributed by atoms with Gasteiger partial charge in [-0.2, -0.15) is 13.2 Å². The van der Waals surface area contributed by atoms with E-state index in [-0.39, 0.29) is 17.3 Å². The minimum atomic E-state index is -4.47. The number of nitrogens with zero attached hydrogens (tertiary/aromatic N) is 2. The van der Waals surface area contributed by atoms with E-state index in [1.54, 1.807) is 25.9 Å². The smallest absolute Gasteiger partial charge is 0.376 e. The molecule has 0 radical (unpaired) electrons. The van der Waals surface area contributed by atoms with Crippen molar-refractivity contribution in [3.05, 3.63) is 40.8 Å². The summed E-state index contributed by atoms with van der Waals surface area (Å²) in [5.74, 6) is 0.970. The van der Waals surface area contributed by atoms with Crippen LogP contribution in [-0.2, 0) is 16.7 Å². The van der Waals surface area contributed by atoms with Crippen LogP contribution in [0.25, 0.3) is 0 Å². The number of aryl methyl sites for hydroxylation is 2. The Hall–Kier alpha value is -2.16. The fourth-order valence-corrected chi connectivity index (χ4v) is 3.32. The van der Waals surface area contributed by atoms with E-state index in [1.807, 2.05) is 6.92 Å². The third-order valence-corrected chi connectivity index (χ3v) is 4.70. The number of carbonyl (C=O) groups excluding carboxylic acids is 1. The summed E-state index contributed by atoms with van der Waals surface area (Å²) in [5, 5.41) is 6.42. The van der Waals surface area contributed by atoms with Gasteiger partial charge in [-0.3, -0.25) is 4.79 Å². The van der Waals surface area contributed by atoms with Crippen molar-refractivity contribution < 1.29 is 22.5 Å². The van der Waals surface area contributed by atoms with E-state index in [0.29, 0.717) is 17.2 Å². The van der Waals surface area contributed by atoms with Gasteiger partial charge in [-0.25, -0.2) is 0 Å². The zero-order valence-electron chi connectivity index (χ0n) is 14.9. The Bertz CT molecular complexity index is 769. The maximum Gasteiger partial charge on any atom is 0.416 e. The largest absolute Gasteiger partial charge is 0.416 e. The molecule has 0 aliphatic heterocycles. The number of carbonyl (C=O) groups is 1. The van der Waals surface area contributed by atoms with Crippen molar-refractivity contribution in [3.8, 4) is 0 Å². The van der Waals surface area contributed by atoms with Crippen molar-refractivity contribution in [2.24, 2.45) is 0 Å². The number of hydrogen-bond acceptors (Lipinski definition) is 5. The molecule has 9 heteroatoms. The SMILES string of the molecule is Cc1noc(C)c1CSCC(=O)Nc1cc(C(F)(F)F)ccc1N(C)C. The van der Waals surface area contributed by atoms with Crippen LogP contribution >= 0.6 is 11.8 Å². The van der Waals surface area contributed by atoms with Crippen LogP contribution in [-0.4, -0.2) is 30.9 Å². The lowest BCUT2D eigenvalue weighted by Crippen LogP contribution is -2.19.